The van der Waals surface area contributed by atoms with Gasteiger partial charge in [-0.1, -0.05) is 30.3 Å². The van der Waals surface area contributed by atoms with Crippen molar-refractivity contribution >= 4 is 20.9 Å². The van der Waals surface area contributed by atoms with E-state index in [4.69, 9.17) is 4.74 Å². The Morgan fingerprint density at radius 1 is 1.00 bits per heavy atom. The number of hydrogen-bond donors (Lipinski definition) is 0. The molecule has 0 spiro atoms. The quantitative estimate of drug-likeness (QED) is 0.736. The van der Waals surface area contributed by atoms with Crippen LogP contribution in [0.15, 0.2) is 53.6 Å². The first-order valence-corrected chi connectivity index (χ1v) is 8.98. The molecule has 5 nitrogen and oxygen atoms in total. The number of fused-ring (bicyclic) bond motifs is 1. The van der Waals surface area contributed by atoms with Crippen LogP contribution in [0, 0.1) is 6.92 Å². The van der Waals surface area contributed by atoms with E-state index in [2.05, 4.69) is 9.97 Å². The summed E-state index contributed by atoms with van der Waals surface area (Å²) in [6.07, 6.45) is 1.13. The Morgan fingerprint density at radius 3 is 2.43 bits per heavy atom. The summed E-state index contributed by atoms with van der Waals surface area (Å²) < 4.78 is 29.3. The van der Waals surface area contributed by atoms with Crippen LogP contribution >= 0.6 is 0 Å². The van der Waals surface area contributed by atoms with Crippen molar-refractivity contribution in [2.45, 2.75) is 18.6 Å². The Labute approximate surface area is 134 Å². The van der Waals surface area contributed by atoms with E-state index in [1.807, 2.05) is 30.3 Å². The van der Waals surface area contributed by atoms with Crippen molar-refractivity contribution < 1.29 is 13.2 Å². The van der Waals surface area contributed by atoms with Gasteiger partial charge in [-0.25, -0.2) is 18.4 Å². The van der Waals surface area contributed by atoms with Crippen LogP contribution in [0.5, 0.6) is 5.75 Å². The molecule has 23 heavy (non-hydrogen) atoms. The maximum Gasteiger partial charge on any atom is 0.194 e. The smallest absolute Gasteiger partial charge is 0.194 e. The normalized spacial score (nSPS) is 11.6. The zero-order valence-corrected chi connectivity index (χ0v) is 13.7. The molecule has 1 aromatic heterocycles. The van der Waals surface area contributed by atoms with E-state index in [9.17, 15) is 8.42 Å². The van der Waals surface area contributed by atoms with Gasteiger partial charge in [-0.05, 0) is 24.6 Å². The maximum absolute atomic E-state index is 11.8. The van der Waals surface area contributed by atoms with Crippen LogP contribution in [0.2, 0.25) is 0 Å². The standard InChI is InChI=1S/C17H16N2O3S/c1-12-17(23(2,20)21)19-16-10-14(8-9-15(16)18-12)22-11-13-6-4-3-5-7-13/h3-10H,11H2,1-2H3. The Morgan fingerprint density at radius 2 is 1.74 bits per heavy atom. The summed E-state index contributed by atoms with van der Waals surface area (Å²) in [6.45, 7) is 2.08. The summed E-state index contributed by atoms with van der Waals surface area (Å²) in [5.74, 6) is 0.624. The highest BCUT2D eigenvalue weighted by atomic mass is 32.2. The van der Waals surface area contributed by atoms with Crippen molar-refractivity contribution in [2.24, 2.45) is 0 Å². The van der Waals surface area contributed by atoms with E-state index < -0.39 is 9.84 Å². The third-order valence-corrected chi connectivity index (χ3v) is 4.46. The van der Waals surface area contributed by atoms with Gasteiger partial charge in [0.1, 0.15) is 12.4 Å². The van der Waals surface area contributed by atoms with Crippen LogP contribution in [-0.4, -0.2) is 24.6 Å². The molecule has 3 aromatic rings. The van der Waals surface area contributed by atoms with E-state index in [0.29, 0.717) is 29.1 Å². The molecule has 0 bridgehead atoms. The number of aromatic nitrogens is 2. The van der Waals surface area contributed by atoms with Crippen molar-refractivity contribution in [1.82, 2.24) is 9.97 Å². The molecule has 2 aromatic carbocycles. The highest BCUT2D eigenvalue weighted by Crippen LogP contribution is 2.22. The largest absolute Gasteiger partial charge is 0.489 e. The molecular formula is C17H16N2O3S. The van der Waals surface area contributed by atoms with Gasteiger partial charge in [0.25, 0.3) is 0 Å². The highest BCUT2D eigenvalue weighted by molar-refractivity contribution is 7.90. The fourth-order valence-electron chi connectivity index (χ4n) is 2.29. The van der Waals surface area contributed by atoms with E-state index in [1.165, 1.54) is 0 Å². The monoisotopic (exact) mass is 328 g/mol. The SMILES string of the molecule is Cc1nc2ccc(OCc3ccccc3)cc2nc1S(C)(=O)=O. The summed E-state index contributed by atoms with van der Waals surface area (Å²) in [5, 5.41) is 0.00482. The van der Waals surface area contributed by atoms with E-state index in [1.54, 1.807) is 25.1 Å². The molecule has 0 fully saturated rings. The highest BCUT2D eigenvalue weighted by Gasteiger charge is 2.15. The van der Waals surface area contributed by atoms with Gasteiger partial charge in [0.05, 0.1) is 16.7 Å². The van der Waals surface area contributed by atoms with Crippen molar-refractivity contribution in [3.8, 4) is 5.75 Å². The zero-order chi connectivity index (χ0) is 16.4. The maximum atomic E-state index is 11.8. The fraction of sp³-hybridized carbons (Fsp3) is 0.176. The molecule has 0 unspecified atom stereocenters. The lowest BCUT2D eigenvalue weighted by Crippen LogP contribution is -2.06. The predicted molar refractivity (Wildman–Crippen MR) is 88.2 cm³/mol. The molecule has 0 aliphatic heterocycles. The Bertz CT molecular complexity index is 954. The summed E-state index contributed by atoms with van der Waals surface area (Å²) >= 11 is 0. The summed E-state index contributed by atoms with van der Waals surface area (Å²) in [7, 11) is -3.41. The van der Waals surface area contributed by atoms with Gasteiger partial charge >= 0.3 is 0 Å². The lowest BCUT2D eigenvalue weighted by atomic mass is 10.2. The molecule has 0 saturated carbocycles. The second-order valence-corrected chi connectivity index (χ2v) is 7.24. The van der Waals surface area contributed by atoms with Gasteiger partial charge in [-0.3, -0.25) is 0 Å². The summed E-state index contributed by atoms with van der Waals surface area (Å²) in [6, 6.07) is 15.1. The molecule has 1 heterocycles. The molecule has 118 valence electrons. The zero-order valence-electron chi connectivity index (χ0n) is 12.9. The summed E-state index contributed by atoms with van der Waals surface area (Å²) in [4.78, 5) is 8.54. The minimum atomic E-state index is -3.41. The average molecular weight is 328 g/mol. The number of nitrogens with zero attached hydrogens (tertiary/aromatic N) is 2. The van der Waals surface area contributed by atoms with Crippen LogP contribution < -0.4 is 4.74 Å². The topological polar surface area (TPSA) is 69.2 Å². The van der Waals surface area contributed by atoms with Gasteiger partial charge < -0.3 is 4.74 Å². The Hall–Kier alpha value is -2.47. The Balaban J connectivity index is 1.93. The second kappa shape index (κ2) is 5.96. The van der Waals surface area contributed by atoms with Crippen molar-refractivity contribution in [3.63, 3.8) is 0 Å². The van der Waals surface area contributed by atoms with Crippen molar-refractivity contribution in [2.75, 3.05) is 6.26 Å². The molecule has 0 aliphatic carbocycles. The van der Waals surface area contributed by atoms with Crippen LogP contribution in [0.4, 0.5) is 0 Å². The van der Waals surface area contributed by atoms with Gasteiger partial charge in [0.2, 0.25) is 0 Å². The van der Waals surface area contributed by atoms with Gasteiger partial charge in [-0.15, -0.1) is 0 Å². The van der Waals surface area contributed by atoms with Crippen LogP contribution in [0.1, 0.15) is 11.3 Å². The van der Waals surface area contributed by atoms with Crippen molar-refractivity contribution in [3.05, 3.63) is 59.8 Å². The Kier molecular flexibility index (Phi) is 4.00. The minimum absolute atomic E-state index is 0.00482. The van der Waals surface area contributed by atoms with Crippen LogP contribution in [0.25, 0.3) is 11.0 Å². The minimum Gasteiger partial charge on any atom is -0.489 e. The number of ether oxygens (including phenoxy) is 1. The number of rotatable bonds is 4. The fourth-order valence-corrected chi connectivity index (χ4v) is 3.13. The van der Waals surface area contributed by atoms with Gasteiger partial charge in [0, 0.05) is 12.3 Å². The second-order valence-electron chi connectivity index (χ2n) is 5.31. The molecule has 0 radical (unpaired) electrons. The number of aryl methyl sites for hydroxylation is 1. The van der Waals surface area contributed by atoms with E-state index in [0.717, 1.165) is 11.8 Å². The number of sulfone groups is 1. The molecule has 0 aliphatic rings. The first-order valence-electron chi connectivity index (χ1n) is 7.09. The summed E-state index contributed by atoms with van der Waals surface area (Å²) in [5.41, 5.74) is 2.60. The molecule has 0 atom stereocenters. The molecule has 0 amide bonds. The lowest BCUT2D eigenvalue weighted by Gasteiger charge is -2.08. The molecular weight excluding hydrogens is 312 g/mol. The number of benzene rings is 2. The molecule has 3 rings (SSSR count). The van der Waals surface area contributed by atoms with E-state index >= 15 is 0 Å². The van der Waals surface area contributed by atoms with Crippen LogP contribution in [0.3, 0.4) is 0 Å². The third-order valence-electron chi connectivity index (χ3n) is 3.37. The first-order chi connectivity index (χ1) is 10.9. The predicted octanol–water partition coefficient (Wildman–Crippen LogP) is 2.92. The average Bonchev–Trinajstić information content (AvgIpc) is 2.52. The van der Waals surface area contributed by atoms with E-state index in [-0.39, 0.29) is 5.03 Å². The lowest BCUT2D eigenvalue weighted by molar-refractivity contribution is 0.306. The molecule has 6 heteroatoms. The van der Waals surface area contributed by atoms with Crippen molar-refractivity contribution in [1.29, 1.82) is 0 Å². The number of hydrogen-bond acceptors (Lipinski definition) is 5. The first kappa shape index (κ1) is 15.4. The van der Waals surface area contributed by atoms with Gasteiger partial charge in [0.15, 0.2) is 14.9 Å². The van der Waals surface area contributed by atoms with Gasteiger partial charge in [-0.2, -0.15) is 0 Å². The third kappa shape index (κ3) is 3.48. The molecule has 0 N–H and O–H groups in total. The van der Waals surface area contributed by atoms with Crippen LogP contribution in [-0.2, 0) is 16.4 Å². The molecule has 0 saturated heterocycles.